The summed E-state index contributed by atoms with van der Waals surface area (Å²) < 4.78 is 3.55. The van der Waals surface area contributed by atoms with Gasteiger partial charge in [0, 0.05) is 30.6 Å². The molecule has 0 spiro atoms. The standard InChI is InChI=1S/C9H13N5/c1-6-5-9(12-13(6)3)14-7(2)4-8(10)11-14/h4-5H,1-3H3,(H2,10,11). The first kappa shape index (κ1) is 8.80. The molecule has 2 heterocycles. The molecule has 0 fully saturated rings. The lowest BCUT2D eigenvalue weighted by Crippen LogP contribution is -2.01. The van der Waals surface area contributed by atoms with Gasteiger partial charge in [0.25, 0.3) is 0 Å². The first-order chi connectivity index (χ1) is 6.58. The molecule has 0 aliphatic carbocycles. The SMILES string of the molecule is Cc1cc(-n2nc(N)cc2C)nn1C. The lowest BCUT2D eigenvalue weighted by atomic mass is 10.4. The molecular weight excluding hydrogens is 178 g/mol. The molecule has 0 radical (unpaired) electrons. The number of anilines is 1. The van der Waals surface area contributed by atoms with Crippen molar-refractivity contribution in [1.29, 1.82) is 0 Å². The Morgan fingerprint density at radius 1 is 1.14 bits per heavy atom. The summed E-state index contributed by atoms with van der Waals surface area (Å²) >= 11 is 0. The van der Waals surface area contributed by atoms with Crippen molar-refractivity contribution in [2.24, 2.45) is 7.05 Å². The van der Waals surface area contributed by atoms with Crippen molar-refractivity contribution in [1.82, 2.24) is 19.6 Å². The van der Waals surface area contributed by atoms with Crippen LogP contribution in [0.1, 0.15) is 11.4 Å². The van der Waals surface area contributed by atoms with Crippen LogP contribution in [-0.4, -0.2) is 19.6 Å². The van der Waals surface area contributed by atoms with Gasteiger partial charge in [-0.1, -0.05) is 0 Å². The maximum absolute atomic E-state index is 5.60. The fraction of sp³-hybridized carbons (Fsp3) is 0.333. The first-order valence-corrected chi connectivity index (χ1v) is 4.41. The largest absolute Gasteiger partial charge is 0.382 e. The van der Waals surface area contributed by atoms with Crippen LogP contribution < -0.4 is 5.73 Å². The third-order valence-corrected chi connectivity index (χ3v) is 2.22. The molecule has 0 bridgehead atoms. The molecule has 0 atom stereocenters. The Morgan fingerprint density at radius 3 is 2.29 bits per heavy atom. The van der Waals surface area contributed by atoms with Gasteiger partial charge >= 0.3 is 0 Å². The van der Waals surface area contributed by atoms with Gasteiger partial charge in [-0.05, 0) is 13.8 Å². The topological polar surface area (TPSA) is 61.7 Å². The van der Waals surface area contributed by atoms with Crippen molar-refractivity contribution in [3.8, 4) is 5.82 Å². The fourth-order valence-corrected chi connectivity index (χ4v) is 1.38. The maximum Gasteiger partial charge on any atom is 0.175 e. The Labute approximate surface area is 82.1 Å². The third-order valence-electron chi connectivity index (χ3n) is 2.22. The molecule has 2 aromatic heterocycles. The smallest absolute Gasteiger partial charge is 0.175 e. The van der Waals surface area contributed by atoms with Crippen LogP contribution >= 0.6 is 0 Å². The van der Waals surface area contributed by atoms with Crippen LogP contribution in [0.3, 0.4) is 0 Å². The molecule has 74 valence electrons. The molecule has 14 heavy (non-hydrogen) atoms. The fourth-order valence-electron chi connectivity index (χ4n) is 1.38. The van der Waals surface area contributed by atoms with Crippen LogP contribution in [0.15, 0.2) is 12.1 Å². The Kier molecular flexibility index (Phi) is 1.80. The normalized spacial score (nSPS) is 10.8. The summed E-state index contributed by atoms with van der Waals surface area (Å²) in [7, 11) is 1.90. The Bertz CT molecular complexity index is 446. The minimum atomic E-state index is 0.519. The van der Waals surface area contributed by atoms with Crippen LogP contribution in [0.2, 0.25) is 0 Å². The van der Waals surface area contributed by atoms with Gasteiger partial charge in [0.05, 0.1) is 0 Å². The number of nitrogens with zero attached hydrogens (tertiary/aromatic N) is 4. The van der Waals surface area contributed by atoms with Crippen molar-refractivity contribution in [3.05, 3.63) is 23.5 Å². The van der Waals surface area contributed by atoms with Gasteiger partial charge in [0.2, 0.25) is 0 Å². The Morgan fingerprint density at radius 2 is 1.86 bits per heavy atom. The third kappa shape index (κ3) is 1.26. The lowest BCUT2D eigenvalue weighted by molar-refractivity contribution is 0.709. The molecule has 0 saturated heterocycles. The molecule has 2 aromatic rings. The van der Waals surface area contributed by atoms with Crippen molar-refractivity contribution in [2.45, 2.75) is 13.8 Å². The Balaban J connectivity index is 2.54. The quantitative estimate of drug-likeness (QED) is 0.725. The summed E-state index contributed by atoms with van der Waals surface area (Å²) in [4.78, 5) is 0. The highest BCUT2D eigenvalue weighted by Gasteiger charge is 2.07. The van der Waals surface area contributed by atoms with Gasteiger partial charge in [0.15, 0.2) is 5.82 Å². The zero-order chi connectivity index (χ0) is 10.3. The van der Waals surface area contributed by atoms with Crippen LogP contribution in [-0.2, 0) is 7.05 Å². The molecule has 5 nitrogen and oxygen atoms in total. The van der Waals surface area contributed by atoms with E-state index in [0.29, 0.717) is 5.82 Å². The molecule has 0 saturated carbocycles. The first-order valence-electron chi connectivity index (χ1n) is 4.41. The van der Waals surface area contributed by atoms with Crippen molar-refractivity contribution < 1.29 is 0 Å². The minimum Gasteiger partial charge on any atom is -0.382 e. The summed E-state index contributed by atoms with van der Waals surface area (Å²) in [5.74, 6) is 1.32. The Hall–Kier alpha value is -1.78. The highest BCUT2D eigenvalue weighted by molar-refractivity contribution is 5.35. The number of nitrogens with two attached hydrogens (primary N) is 1. The van der Waals surface area contributed by atoms with Crippen molar-refractivity contribution in [2.75, 3.05) is 5.73 Å². The van der Waals surface area contributed by atoms with E-state index in [1.165, 1.54) is 0 Å². The summed E-state index contributed by atoms with van der Waals surface area (Å²) in [5, 5.41) is 8.47. The van der Waals surface area contributed by atoms with Crippen LogP contribution in [0.5, 0.6) is 0 Å². The highest BCUT2D eigenvalue weighted by atomic mass is 15.4. The monoisotopic (exact) mass is 191 g/mol. The minimum absolute atomic E-state index is 0.519. The van der Waals surface area contributed by atoms with Gasteiger partial charge in [-0.25, -0.2) is 4.68 Å². The zero-order valence-electron chi connectivity index (χ0n) is 8.52. The number of nitrogen functional groups attached to an aromatic ring is 1. The van der Waals surface area contributed by atoms with E-state index in [0.717, 1.165) is 17.2 Å². The molecule has 0 amide bonds. The second-order valence-corrected chi connectivity index (χ2v) is 3.39. The number of rotatable bonds is 1. The number of hydrogen-bond donors (Lipinski definition) is 1. The van der Waals surface area contributed by atoms with E-state index >= 15 is 0 Å². The average Bonchev–Trinajstić information content (AvgIpc) is 2.57. The number of hydrogen-bond acceptors (Lipinski definition) is 3. The van der Waals surface area contributed by atoms with Gasteiger partial charge in [0.1, 0.15) is 5.82 Å². The van der Waals surface area contributed by atoms with Crippen LogP contribution in [0.25, 0.3) is 5.82 Å². The molecular formula is C9H13N5. The molecule has 5 heteroatoms. The van der Waals surface area contributed by atoms with Crippen LogP contribution in [0.4, 0.5) is 5.82 Å². The van der Waals surface area contributed by atoms with E-state index < -0.39 is 0 Å². The van der Waals surface area contributed by atoms with Crippen LogP contribution in [0, 0.1) is 13.8 Å². The molecule has 0 aromatic carbocycles. The van der Waals surface area contributed by atoms with Gasteiger partial charge < -0.3 is 5.73 Å². The van der Waals surface area contributed by atoms with Gasteiger partial charge in [-0.2, -0.15) is 5.10 Å². The van der Waals surface area contributed by atoms with Crippen molar-refractivity contribution >= 4 is 5.82 Å². The predicted octanol–water partition coefficient (Wildman–Crippen LogP) is 0.805. The second kappa shape index (κ2) is 2.87. The van der Waals surface area contributed by atoms with E-state index in [4.69, 9.17) is 5.73 Å². The van der Waals surface area contributed by atoms with Crippen molar-refractivity contribution in [3.63, 3.8) is 0 Å². The lowest BCUT2D eigenvalue weighted by Gasteiger charge is -1.97. The highest BCUT2D eigenvalue weighted by Crippen LogP contribution is 2.12. The molecule has 0 unspecified atom stereocenters. The molecule has 2 rings (SSSR count). The van der Waals surface area contributed by atoms with E-state index in [-0.39, 0.29) is 0 Å². The summed E-state index contributed by atoms with van der Waals surface area (Å²) in [6, 6.07) is 3.80. The van der Waals surface area contributed by atoms with E-state index in [1.54, 1.807) is 4.68 Å². The zero-order valence-corrected chi connectivity index (χ0v) is 8.52. The average molecular weight is 191 g/mol. The van der Waals surface area contributed by atoms with E-state index in [2.05, 4.69) is 10.2 Å². The molecule has 2 N–H and O–H groups in total. The number of aromatic nitrogens is 4. The molecule has 0 aliphatic heterocycles. The molecule has 0 aliphatic rings. The predicted molar refractivity (Wildman–Crippen MR) is 54.2 cm³/mol. The maximum atomic E-state index is 5.60. The second-order valence-electron chi connectivity index (χ2n) is 3.39. The van der Waals surface area contributed by atoms with E-state index in [9.17, 15) is 0 Å². The summed E-state index contributed by atoms with van der Waals surface area (Å²) in [6.45, 7) is 3.95. The number of aryl methyl sites for hydroxylation is 3. The van der Waals surface area contributed by atoms with E-state index in [1.807, 2.05) is 37.7 Å². The van der Waals surface area contributed by atoms with Gasteiger partial charge in [-0.15, -0.1) is 5.10 Å². The summed E-state index contributed by atoms with van der Waals surface area (Å²) in [6.07, 6.45) is 0. The summed E-state index contributed by atoms with van der Waals surface area (Å²) in [5.41, 5.74) is 7.67. The van der Waals surface area contributed by atoms with Gasteiger partial charge in [-0.3, -0.25) is 4.68 Å².